The van der Waals surface area contributed by atoms with Crippen LogP contribution in [0.15, 0.2) is 0 Å². The summed E-state index contributed by atoms with van der Waals surface area (Å²) in [7, 11) is 0. The molecule has 0 aromatic carbocycles. The fraction of sp³-hybridized carbons (Fsp3) is 1.00. The minimum atomic E-state index is -0.250. The maximum Gasteiger partial charge on any atom is 0 e. The maximum absolute atomic E-state index is 6.94. The van der Waals surface area contributed by atoms with Crippen molar-refractivity contribution < 1.29 is 41.7 Å². The van der Waals surface area contributed by atoms with Gasteiger partial charge in [0.15, 0.2) is 0 Å². The van der Waals surface area contributed by atoms with E-state index < -0.39 is 0 Å². The van der Waals surface area contributed by atoms with Gasteiger partial charge in [-0.1, -0.05) is 20.8 Å². The van der Waals surface area contributed by atoms with E-state index in [1.165, 1.54) is 0 Å². The zero-order valence-electron chi connectivity index (χ0n) is 4.50. The Hall–Kier alpha value is 1.34. The number of hydrogen-bond acceptors (Lipinski definition) is 0. The first-order valence-electron chi connectivity index (χ1n) is 1.75. The van der Waals surface area contributed by atoms with Gasteiger partial charge in [0.2, 0.25) is 0 Å². The molecule has 0 unspecified atom stereocenters. The van der Waals surface area contributed by atoms with Gasteiger partial charge >= 0.3 is 0 Å². The number of rotatable bonds is 0. The normalized spacial score (nSPS) is 10.0. The van der Waals surface area contributed by atoms with Crippen molar-refractivity contribution in [1.29, 1.82) is 0 Å². The standard InChI is InChI=1S/C4H10N.Ce/c1-4(2,3)5;/h5H,1-3H3;/q-1;. The van der Waals surface area contributed by atoms with E-state index in [-0.39, 0.29) is 47.3 Å². The Bertz CT molecular complexity index is 23.0. The molecule has 6 heavy (non-hydrogen) atoms. The first-order valence-corrected chi connectivity index (χ1v) is 1.75. The van der Waals surface area contributed by atoms with Crippen LogP contribution in [0.5, 0.6) is 0 Å². The summed E-state index contributed by atoms with van der Waals surface area (Å²) in [6.45, 7) is 5.56. The minimum Gasteiger partial charge on any atom is -0.673 e. The maximum atomic E-state index is 6.94. The molecule has 0 saturated carbocycles. The van der Waals surface area contributed by atoms with Gasteiger partial charge in [0.25, 0.3) is 0 Å². The molecule has 36 valence electrons. The average Bonchev–Trinajstić information content (AvgIpc) is 0.722. The van der Waals surface area contributed by atoms with Crippen LogP contribution in [0.4, 0.5) is 0 Å². The van der Waals surface area contributed by atoms with E-state index in [9.17, 15) is 0 Å². The van der Waals surface area contributed by atoms with Crippen LogP contribution in [0.2, 0.25) is 0 Å². The fourth-order valence-corrected chi connectivity index (χ4v) is 0. The molecule has 0 rings (SSSR count). The Kier molecular flexibility index (Phi) is 5.78. The summed E-state index contributed by atoms with van der Waals surface area (Å²) in [4.78, 5) is 0. The van der Waals surface area contributed by atoms with Crippen molar-refractivity contribution in [3.63, 3.8) is 0 Å². The predicted molar refractivity (Wildman–Crippen MR) is 24.1 cm³/mol. The van der Waals surface area contributed by atoms with E-state index in [0.29, 0.717) is 0 Å². The third kappa shape index (κ3) is 56.2. The Morgan fingerprint density at radius 3 is 1.17 bits per heavy atom. The van der Waals surface area contributed by atoms with Gasteiger partial charge in [0.05, 0.1) is 0 Å². The predicted octanol–water partition coefficient (Wildman–Crippen LogP) is 1.84. The second kappa shape index (κ2) is 3.35. The van der Waals surface area contributed by atoms with Crippen molar-refractivity contribution in [3.05, 3.63) is 5.73 Å². The summed E-state index contributed by atoms with van der Waals surface area (Å²) < 4.78 is 0. The fourth-order valence-electron chi connectivity index (χ4n) is 0. The van der Waals surface area contributed by atoms with E-state index in [0.717, 1.165) is 0 Å². The van der Waals surface area contributed by atoms with Crippen LogP contribution in [0.1, 0.15) is 20.8 Å². The molecule has 2 heteroatoms. The first kappa shape index (κ1) is 10.3. The van der Waals surface area contributed by atoms with E-state index in [2.05, 4.69) is 0 Å². The van der Waals surface area contributed by atoms with Crippen LogP contribution >= 0.6 is 0 Å². The van der Waals surface area contributed by atoms with Gasteiger partial charge in [-0.15, -0.1) is 5.54 Å². The van der Waals surface area contributed by atoms with Gasteiger partial charge in [-0.2, -0.15) is 0 Å². The zero-order valence-corrected chi connectivity index (χ0v) is 7.64. The molecule has 1 nitrogen and oxygen atoms in total. The summed E-state index contributed by atoms with van der Waals surface area (Å²) in [5.41, 5.74) is 6.69. The first-order chi connectivity index (χ1) is 2.00. The molecule has 0 atom stereocenters. The second-order valence-electron chi connectivity index (χ2n) is 2.25. The second-order valence-corrected chi connectivity index (χ2v) is 2.25. The zero-order chi connectivity index (χ0) is 4.50. The van der Waals surface area contributed by atoms with Crippen molar-refractivity contribution in [2.24, 2.45) is 0 Å². The molecule has 1 N–H and O–H groups in total. The molecule has 0 amide bonds. The summed E-state index contributed by atoms with van der Waals surface area (Å²) in [5, 5.41) is 0. The van der Waals surface area contributed by atoms with Crippen molar-refractivity contribution in [3.8, 4) is 0 Å². The molecule has 0 aliphatic rings. The minimum absolute atomic E-state index is 0. The Morgan fingerprint density at radius 2 is 1.17 bits per heavy atom. The molecule has 0 saturated heterocycles. The largest absolute Gasteiger partial charge is 0.673 e. The average molecular weight is 212 g/mol. The quantitative estimate of drug-likeness (QED) is 0.585. The van der Waals surface area contributed by atoms with E-state index in [1.54, 1.807) is 0 Å². The van der Waals surface area contributed by atoms with Gasteiger partial charge in [-0.05, 0) is 0 Å². The molecule has 0 aromatic rings. The Labute approximate surface area is 73.1 Å². The van der Waals surface area contributed by atoms with Crippen molar-refractivity contribution in [2.45, 2.75) is 26.3 Å². The van der Waals surface area contributed by atoms with E-state index >= 15 is 0 Å². The molecular formula is C4H10CeN-. The Morgan fingerprint density at radius 1 is 1.17 bits per heavy atom. The Balaban J connectivity index is 0. The SMILES string of the molecule is CC(C)(C)[NH-].[Ce]. The van der Waals surface area contributed by atoms with Crippen molar-refractivity contribution in [2.75, 3.05) is 0 Å². The molecule has 0 spiro atoms. The van der Waals surface area contributed by atoms with Crippen LogP contribution in [-0.4, -0.2) is 5.54 Å². The van der Waals surface area contributed by atoms with Crippen molar-refractivity contribution >= 4 is 0 Å². The molecule has 0 bridgehead atoms. The van der Waals surface area contributed by atoms with Crippen LogP contribution in [0.3, 0.4) is 0 Å². The van der Waals surface area contributed by atoms with Crippen LogP contribution in [-0.2, 0) is 0 Å². The molecule has 0 aliphatic carbocycles. The summed E-state index contributed by atoms with van der Waals surface area (Å²) in [6.07, 6.45) is 0. The monoisotopic (exact) mass is 212 g/mol. The summed E-state index contributed by atoms with van der Waals surface area (Å²) in [6, 6.07) is 0. The molecule has 0 heterocycles. The summed E-state index contributed by atoms with van der Waals surface area (Å²) >= 11 is 0. The van der Waals surface area contributed by atoms with Gasteiger partial charge in [0.1, 0.15) is 0 Å². The summed E-state index contributed by atoms with van der Waals surface area (Å²) in [5.74, 6) is 0. The van der Waals surface area contributed by atoms with Crippen LogP contribution in [0.25, 0.3) is 5.73 Å². The van der Waals surface area contributed by atoms with Crippen LogP contribution in [0, 0.1) is 41.7 Å². The topological polar surface area (TPSA) is 23.8 Å². The third-order valence-corrected chi connectivity index (χ3v) is 0. The van der Waals surface area contributed by atoms with Gasteiger partial charge in [-0.25, -0.2) is 0 Å². The number of nitrogens with one attached hydrogen (secondary N) is 1. The molecule has 0 fully saturated rings. The van der Waals surface area contributed by atoms with Gasteiger partial charge in [0, 0.05) is 41.7 Å². The van der Waals surface area contributed by atoms with Gasteiger partial charge < -0.3 is 5.73 Å². The van der Waals surface area contributed by atoms with E-state index in [4.69, 9.17) is 5.73 Å². The third-order valence-electron chi connectivity index (χ3n) is 0. The molecule has 0 aromatic heterocycles. The van der Waals surface area contributed by atoms with Gasteiger partial charge in [-0.3, -0.25) is 0 Å². The molecule has 0 radical (unpaired) electrons. The van der Waals surface area contributed by atoms with E-state index in [1.807, 2.05) is 20.8 Å². The smallest absolute Gasteiger partial charge is 0 e. The molecule has 0 aliphatic heterocycles. The molecular weight excluding hydrogens is 202 g/mol. The van der Waals surface area contributed by atoms with Crippen LogP contribution < -0.4 is 0 Å². The number of hydrogen-bond donors (Lipinski definition) is 0. The van der Waals surface area contributed by atoms with Crippen molar-refractivity contribution in [1.82, 2.24) is 0 Å².